The normalized spacial score (nSPS) is 11.5. The van der Waals surface area contributed by atoms with E-state index in [4.69, 9.17) is 4.74 Å². The molecule has 1 amide bonds. The van der Waals surface area contributed by atoms with Gasteiger partial charge in [0.15, 0.2) is 0 Å². The molecule has 1 aromatic heterocycles. The highest BCUT2D eigenvalue weighted by Crippen LogP contribution is 2.17. The highest BCUT2D eigenvalue weighted by atomic mass is 16.5. The number of amides is 1. The smallest absolute Gasteiger partial charge is 0.254 e. The molecule has 6 heteroatoms. The lowest BCUT2D eigenvalue weighted by atomic mass is 10.1. The summed E-state index contributed by atoms with van der Waals surface area (Å²) in [5, 5.41) is 6.12. The zero-order chi connectivity index (χ0) is 19.8. The molecule has 1 atom stereocenters. The van der Waals surface area contributed by atoms with Crippen molar-refractivity contribution in [1.82, 2.24) is 15.3 Å². The van der Waals surface area contributed by atoms with Crippen molar-refractivity contribution in [2.24, 2.45) is 0 Å². The second kappa shape index (κ2) is 9.50. The molecule has 0 radical (unpaired) electrons. The van der Waals surface area contributed by atoms with Gasteiger partial charge in [-0.2, -0.15) is 0 Å². The van der Waals surface area contributed by atoms with Gasteiger partial charge in [-0.3, -0.25) is 4.79 Å². The first kappa shape index (κ1) is 19.4. The monoisotopic (exact) mass is 376 g/mol. The van der Waals surface area contributed by atoms with Crippen LogP contribution in [0.25, 0.3) is 0 Å². The lowest BCUT2D eigenvalue weighted by molar-refractivity contribution is 0.0953. The van der Waals surface area contributed by atoms with Crippen molar-refractivity contribution < 1.29 is 9.53 Å². The van der Waals surface area contributed by atoms with Gasteiger partial charge in [0, 0.05) is 18.9 Å². The van der Waals surface area contributed by atoms with Crippen LogP contribution in [0.1, 0.15) is 34.5 Å². The second-order valence-corrected chi connectivity index (χ2v) is 6.39. The molecule has 2 aromatic carbocycles. The summed E-state index contributed by atoms with van der Waals surface area (Å²) >= 11 is 0. The molecule has 3 rings (SSSR count). The maximum absolute atomic E-state index is 12.3. The van der Waals surface area contributed by atoms with Crippen molar-refractivity contribution >= 4 is 11.9 Å². The predicted molar refractivity (Wildman–Crippen MR) is 110 cm³/mol. The number of anilines is 1. The number of aromatic nitrogens is 2. The van der Waals surface area contributed by atoms with E-state index in [1.807, 2.05) is 61.5 Å². The van der Waals surface area contributed by atoms with E-state index < -0.39 is 0 Å². The average Bonchev–Trinajstić information content (AvgIpc) is 2.75. The van der Waals surface area contributed by atoms with Crippen LogP contribution in [-0.2, 0) is 6.42 Å². The van der Waals surface area contributed by atoms with Crippen LogP contribution in [0.2, 0.25) is 0 Å². The largest absolute Gasteiger partial charge is 0.496 e. The Hall–Kier alpha value is -3.41. The summed E-state index contributed by atoms with van der Waals surface area (Å²) in [4.78, 5) is 20.8. The number of para-hydroxylation sites is 1. The highest BCUT2D eigenvalue weighted by molar-refractivity contribution is 5.93. The van der Waals surface area contributed by atoms with Crippen molar-refractivity contribution in [2.45, 2.75) is 19.4 Å². The Kier molecular flexibility index (Phi) is 6.57. The molecule has 1 heterocycles. The second-order valence-electron chi connectivity index (χ2n) is 6.39. The van der Waals surface area contributed by atoms with E-state index in [0.717, 1.165) is 16.9 Å². The van der Waals surface area contributed by atoms with Gasteiger partial charge in [0.25, 0.3) is 5.91 Å². The molecular formula is C22H24N4O2. The van der Waals surface area contributed by atoms with Gasteiger partial charge in [0.05, 0.1) is 18.7 Å². The minimum Gasteiger partial charge on any atom is -0.496 e. The standard InChI is InChI=1S/C22H24N4O2/c1-16(17-8-4-3-5-9-17)26-22-24-14-19(15-25-22)21(27)23-13-12-18-10-6-7-11-20(18)28-2/h3-11,14-16H,12-13H2,1-2H3,(H,23,27)(H,24,25,26). The van der Waals surface area contributed by atoms with Crippen molar-refractivity contribution in [3.8, 4) is 5.75 Å². The molecule has 0 aliphatic rings. The van der Waals surface area contributed by atoms with Gasteiger partial charge in [-0.25, -0.2) is 9.97 Å². The summed E-state index contributed by atoms with van der Waals surface area (Å²) < 4.78 is 5.32. The van der Waals surface area contributed by atoms with Crippen molar-refractivity contribution in [2.75, 3.05) is 19.0 Å². The Bertz CT molecular complexity index is 898. The molecule has 0 aliphatic carbocycles. The summed E-state index contributed by atoms with van der Waals surface area (Å²) in [5.41, 5.74) is 2.62. The molecule has 3 aromatic rings. The van der Waals surface area contributed by atoms with Crippen LogP contribution in [0.15, 0.2) is 67.0 Å². The predicted octanol–water partition coefficient (Wildman–Crippen LogP) is 3.63. The van der Waals surface area contributed by atoms with Crippen molar-refractivity contribution in [1.29, 1.82) is 0 Å². The fraction of sp³-hybridized carbons (Fsp3) is 0.227. The minimum absolute atomic E-state index is 0.0710. The van der Waals surface area contributed by atoms with Gasteiger partial charge in [-0.1, -0.05) is 48.5 Å². The molecular weight excluding hydrogens is 352 g/mol. The number of nitrogens with one attached hydrogen (secondary N) is 2. The lowest BCUT2D eigenvalue weighted by Crippen LogP contribution is -2.26. The van der Waals surface area contributed by atoms with E-state index in [-0.39, 0.29) is 11.9 Å². The molecule has 28 heavy (non-hydrogen) atoms. The third-order valence-electron chi connectivity index (χ3n) is 4.43. The van der Waals surface area contributed by atoms with Crippen LogP contribution in [0.5, 0.6) is 5.75 Å². The van der Waals surface area contributed by atoms with Crippen LogP contribution in [-0.4, -0.2) is 29.5 Å². The minimum atomic E-state index is -0.197. The molecule has 2 N–H and O–H groups in total. The Morgan fingerprint density at radius 2 is 1.71 bits per heavy atom. The molecule has 0 bridgehead atoms. The molecule has 144 valence electrons. The van der Waals surface area contributed by atoms with E-state index in [1.165, 1.54) is 12.4 Å². The molecule has 0 aliphatic heterocycles. The zero-order valence-corrected chi connectivity index (χ0v) is 16.1. The van der Waals surface area contributed by atoms with E-state index in [1.54, 1.807) is 7.11 Å². The van der Waals surface area contributed by atoms with E-state index >= 15 is 0 Å². The molecule has 6 nitrogen and oxygen atoms in total. The van der Waals surface area contributed by atoms with Gasteiger partial charge in [0.1, 0.15) is 5.75 Å². The summed E-state index contributed by atoms with van der Waals surface area (Å²) in [5.74, 6) is 1.11. The quantitative estimate of drug-likeness (QED) is 0.628. The lowest BCUT2D eigenvalue weighted by Gasteiger charge is -2.14. The van der Waals surface area contributed by atoms with Gasteiger partial charge in [-0.05, 0) is 30.5 Å². The third kappa shape index (κ3) is 5.07. The number of hydrogen-bond donors (Lipinski definition) is 2. The summed E-state index contributed by atoms with van der Waals surface area (Å²) in [6.07, 6.45) is 3.75. The first-order valence-electron chi connectivity index (χ1n) is 9.21. The maximum Gasteiger partial charge on any atom is 0.254 e. The Morgan fingerprint density at radius 1 is 1.04 bits per heavy atom. The van der Waals surface area contributed by atoms with Gasteiger partial charge in [-0.15, -0.1) is 0 Å². The number of carbonyl (C=O) groups excluding carboxylic acids is 1. The van der Waals surface area contributed by atoms with Gasteiger partial charge < -0.3 is 15.4 Å². The first-order chi connectivity index (χ1) is 13.7. The Balaban J connectivity index is 1.52. The topological polar surface area (TPSA) is 76.1 Å². The molecule has 0 fully saturated rings. The number of carbonyl (C=O) groups is 1. The van der Waals surface area contributed by atoms with Crippen molar-refractivity contribution in [3.05, 3.63) is 83.7 Å². The van der Waals surface area contributed by atoms with E-state index in [0.29, 0.717) is 24.5 Å². The highest BCUT2D eigenvalue weighted by Gasteiger charge is 2.10. The van der Waals surface area contributed by atoms with Gasteiger partial charge >= 0.3 is 0 Å². The Morgan fingerprint density at radius 3 is 2.43 bits per heavy atom. The fourth-order valence-electron chi connectivity index (χ4n) is 2.86. The van der Waals surface area contributed by atoms with Crippen molar-refractivity contribution in [3.63, 3.8) is 0 Å². The Labute approximate surface area is 165 Å². The molecule has 0 saturated carbocycles. The van der Waals surface area contributed by atoms with Crippen LogP contribution < -0.4 is 15.4 Å². The van der Waals surface area contributed by atoms with Crippen LogP contribution >= 0.6 is 0 Å². The van der Waals surface area contributed by atoms with Crippen LogP contribution in [0.3, 0.4) is 0 Å². The van der Waals surface area contributed by atoms with E-state index in [9.17, 15) is 4.79 Å². The average molecular weight is 376 g/mol. The summed E-state index contributed by atoms with van der Waals surface area (Å²) in [7, 11) is 1.64. The van der Waals surface area contributed by atoms with E-state index in [2.05, 4.69) is 20.6 Å². The number of hydrogen-bond acceptors (Lipinski definition) is 5. The molecule has 1 unspecified atom stereocenters. The SMILES string of the molecule is COc1ccccc1CCNC(=O)c1cnc(NC(C)c2ccccc2)nc1. The summed E-state index contributed by atoms with van der Waals surface area (Å²) in [6.45, 7) is 2.54. The van der Waals surface area contributed by atoms with Gasteiger partial charge in [0.2, 0.25) is 5.95 Å². The third-order valence-corrected chi connectivity index (χ3v) is 4.43. The summed E-state index contributed by atoms with van der Waals surface area (Å²) in [6, 6.07) is 17.9. The number of ether oxygens (including phenoxy) is 1. The zero-order valence-electron chi connectivity index (χ0n) is 16.1. The molecule has 0 spiro atoms. The maximum atomic E-state index is 12.3. The number of benzene rings is 2. The number of methoxy groups -OCH3 is 1. The first-order valence-corrected chi connectivity index (χ1v) is 9.21. The number of nitrogens with zero attached hydrogens (tertiary/aromatic N) is 2. The number of rotatable bonds is 8. The van der Waals surface area contributed by atoms with Crippen LogP contribution in [0.4, 0.5) is 5.95 Å². The fourth-order valence-corrected chi connectivity index (χ4v) is 2.86. The molecule has 0 saturated heterocycles. The van der Waals surface area contributed by atoms with Crippen LogP contribution in [0, 0.1) is 0 Å².